The number of aliphatic hydroxyl groups is 1. The van der Waals surface area contributed by atoms with Gasteiger partial charge in [-0.1, -0.05) is 279 Å². The summed E-state index contributed by atoms with van der Waals surface area (Å²) in [4.78, 5) is 72.9. The second-order valence-corrected chi connectivity index (χ2v) is 28.1. The van der Waals surface area contributed by atoms with Crippen molar-refractivity contribution in [1.29, 1.82) is 0 Å². The van der Waals surface area contributed by atoms with Gasteiger partial charge in [0.15, 0.2) is 12.2 Å². The fourth-order valence-corrected chi connectivity index (χ4v) is 11.0. The fourth-order valence-electron chi connectivity index (χ4n) is 9.40. The smallest absolute Gasteiger partial charge is 0.462 e. The molecule has 5 atom stereocenters. The number of rotatable bonds is 71. The van der Waals surface area contributed by atoms with Crippen molar-refractivity contribution in [1.82, 2.24) is 0 Å². The Hall–Kier alpha value is -6.36. The number of aliphatic hydroxyl groups excluding tert-OH is 1. The molecule has 17 nitrogen and oxygen atoms in total. The Kier molecular flexibility index (Phi) is 72.2. The van der Waals surface area contributed by atoms with Crippen LogP contribution in [0.1, 0.15) is 259 Å². The number of allylic oxidation sites excluding steroid dienone is 33. The first-order valence-electron chi connectivity index (χ1n) is 39.3. The highest BCUT2D eigenvalue weighted by atomic mass is 31.2. The molecule has 3 N–H and O–H groups in total. The van der Waals surface area contributed by atoms with Gasteiger partial charge in [-0.15, -0.1) is 0 Å². The van der Waals surface area contributed by atoms with E-state index in [-0.39, 0.29) is 25.7 Å². The highest BCUT2D eigenvalue weighted by Crippen LogP contribution is 2.45. The highest BCUT2D eigenvalue weighted by molar-refractivity contribution is 7.47. The highest BCUT2D eigenvalue weighted by Gasteiger charge is 2.30. The zero-order valence-corrected chi connectivity index (χ0v) is 66.8. The van der Waals surface area contributed by atoms with Crippen molar-refractivity contribution in [3.63, 3.8) is 0 Å². The summed E-state index contributed by atoms with van der Waals surface area (Å²) in [6.07, 6.45) is 95.8. The minimum Gasteiger partial charge on any atom is -0.462 e. The molecule has 0 aromatic heterocycles. The number of hydrogen-bond donors (Lipinski definition) is 3. The molecule has 0 bridgehead atoms. The Morgan fingerprint density at radius 3 is 0.915 bits per heavy atom. The zero-order valence-electron chi connectivity index (χ0n) is 65.0. The van der Waals surface area contributed by atoms with Crippen molar-refractivity contribution in [3.8, 4) is 0 Å². The van der Waals surface area contributed by atoms with Crippen LogP contribution < -0.4 is 0 Å². The van der Waals surface area contributed by atoms with Crippen molar-refractivity contribution in [2.45, 2.75) is 277 Å². The van der Waals surface area contributed by atoms with Crippen LogP contribution in [0.3, 0.4) is 0 Å². The Bertz CT molecular complexity index is 2830. The van der Waals surface area contributed by atoms with E-state index in [4.69, 9.17) is 37.0 Å². The van der Waals surface area contributed by atoms with Crippen LogP contribution in [-0.4, -0.2) is 96.7 Å². The molecule has 0 aromatic rings. The molecule has 0 spiro atoms. The average Bonchev–Trinajstić information content (AvgIpc) is 0.933. The maximum absolute atomic E-state index is 13.1. The van der Waals surface area contributed by atoms with Gasteiger partial charge in [0.05, 0.1) is 32.8 Å². The van der Waals surface area contributed by atoms with Gasteiger partial charge >= 0.3 is 39.5 Å². The first-order valence-corrected chi connectivity index (χ1v) is 42.3. The molecule has 0 radical (unpaired) electrons. The molecule has 596 valence electrons. The molecule has 106 heavy (non-hydrogen) atoms. The third-order valence-corrected chi connectivity index (χ3v) is 17.2. The first-order chi connectivity index (χ1) is 51.7. The number of phosphoric acid groups is 2. The standard InChI is InChI=1S/C87H136O17P2/c1-5-9-13-17-21-25-29-33-36-38-40-42-45-48-51-55-59-63-67-71-84(89)97-77-82(103-86(91)73-69-65-61-57-53-47-32-28-24-20-16-12-8-4)79-101-105(93,94)99-75-81(88)76-100-106(95,96)102-80-83(104-87(92)74-70-66-62-58-54-50-44-35-31-27-23-19-15-11-7-3)78-98-85(90)72-68-64-60-56-52-49-46-43-41-39-37-34-30-26-22-18-14-10-6-2/h9-11,13-15,21-23,25-28,32-37,40-44,48-49,51-52,54,58,60,64,66,70,81-83,88H,5-8,12,16-20,24,29-31,38-39,45-47,50,53,55-57,59,61-63,65,67-69,71-80H2,1-4H3,(H,93,94)(H,95,96)/b13-9-,14-10-,15-11-,25-21-,26-22-,27-23-,32-28-,36-33-,37-34-,42-40-,43-41-,44-35-,51-48-,52-49-,58-54-,64-60-,70-66-. The summed E-state index contributed by atoms with van der Waals surface area (Å²) < 4.78 is 68.3. The van der Waals surface area contributed by atoms with Crippen molar-refractivity contribution >= 4 is 39.5 Å². The lowest BCUT2D eigenvalue weighted by molar-refractivity contribution is -0.161. The lowest BCUT2D eigenvalue weighted by atomic mass is 10.1. The molecule has 0 fully saturated rings. The fraction of sp³-hybridized carbons (Fsp3) is 0.563. The van der Waals surface area contributed by atoms with E-state index in [0.29, 0.717) is 32.1 Å². The third kappa shape index (κ3) is 75.9. The maximum Gasteiger partial charge on any atom is 0.472 e. The molecule has 0 aliphatic heterocycles. The number of esters is 4. The molecular weight excluding hydrogens is 1380 g/mol. The molecule has 0 saturated carbocycles. The van der Waals surface area contributed by atoms with Gasteiger partial charge in [-0.05, 0) is 161 Å². The molecule has 0 aliphatic carbocycles. The van der Waals surface area contributed by atoms with Crippen molar-refractivity contribution in [2.75, 3.05) is 39.6 Å². The number of carbonyl (C=O) groups is 4. The monoisotopic (exact) mass is 1510 g/mol. The lowest BCUT2D eigenvalue weighted by Crippen LogP contribution is -2.30. The summed E-state index contributed by atoms with van der Waals surface area (Å²) in [5, 5.41) is 10.6. The number of carbonyl (C=O) groups excluding carboxylic acids is 4. The van der Waals surface area contributed by atoms with Crippen LogP contribution in [0.25, 0.3) is 0 Å². The predicted octanol–water partition coefficient (Wildman–Crippen LogP) is 23.1. The van der Waals surface area contributed by atoms with E-state index >= 15 is 0 Å². The van der Waals surface area contributed by atoms with Gasteiger partial charge in [0, 0.05) is 19.3 Å². The Morgan fingerprint density at radius 2 is 0.547 bits per heavy atom. The summed E-state index contributed by atoms with van der Waals surface area (Å²) in [5.41, 5.74) is 0. The first kappa shape index (κ1) is 99.6. The third-order valence-electron chi connectivity index (χ3n) is 15.3. The number of unbranched alkanes of at least 4 members (excludes halogenated alkanes) is 12. The molecule has 0 heterocycles. The van der Waals surface area contributed by atoms with Crippen LogP contribution in [-0.2, 0) is 65.4 Å². The van der Waals surface area contributed by atoms with Gasteiger partial charge in [-0.2, -0.15) is 0 Å². The van der Waals surface area contributed by atoms with E-state index in [9.17, 15) is 43.2 Å². The van der Waals surface area contributed by atoms with Crippen LogP contribution in [0.2, 0.25) is 0 Å². The quantitative estimate of drug-likeness (QED) is 0.0169. The molecule has 5 unspecified atom stereocenters. The van der Waals surface area contributed by atoms with Gasteiger partial charge in [0.1, 0.15) is 19.3 Å². The van der Waals surface area contributed by atoms with Gasteiger partial charge in [-0.25, -0.2) is 9.13 Å². The molecule has 0 amide bonds. The van der Waals surface area contributed by atoms with E-state index < -0.39 is 97.5 Å². The van der Waals surface area contributed by atoms with Crippen LogP contribution in [0, 0.1) is 0 Å². The van der Waals surface area contributed by atoms with Crippen molar-refractivity contribution < 1.29 is 80.2 Å². The van der Waals surface area contributed by atoms with E-state index in [1.54, 1.807) is 12.2 Å². The molecule has 0 aliphatic rings. The largest absolute Gasteiger partial charge is 0.472 e. The number of ether oxygens (including phenoxy) is 4. The molecule has 0 rings (SSSR count). The molecule has 19 heteroatoms. The Balaban J connectivity index is 5.54. The second-order valence-electron chi connectivity index (χ2n) is 25.2. The van der Waals surface area contributed by atoms with Gasteiger partial charge in [-0.3, -0.25) is 37.3 Å². The van der Waals surface area contributed by atoms with E-state index in [1.165, 1.54) is 25.7 Å². The van der Waals surface area contributed by atoms with E-state index in [0.717, 1.165) is 148 Å². The summed E-state index contributed by atoms with van der Waals surface area (Å²) in [6.45, 7) is 4.22. The average molecular weight is 1520 g/mol. The summed E-state index contributed by atoms with van der Waals surface area (Å²) in [7, 11) is -10.0. The van der Waals surface area contributed by atoms with Gasteiger partial charge in [0.25, 0.3) is 0 Å². The maximum atomic E-state index is 13.1. The van der Waals surface area contributed by atoms with E-state index in [1.807, 2.05) is 30.4 Å². The summed E-state index contributed by atoms with van der Waals surface area (Å²) >= 11 is 0. The van der Waals surface area contributed by atoms with Gasteiger partial charge < -0.3 is 33.8 Å². The predicted molar refractivity (Wildman–Crippen MR) is 435 cm³/mol. The zero-order chi connectivity index (χ0) is 77.4. The molecular formula is C87H136O17P2. The normalized spacial score (nSPS) is 15.0. The van der Waals surface area contributed by atoms with Crippen LogP contribution in [0.15, 0.2) is 207 Å². The molecule has 0 aromatic carbocycles. The minimum absolute atomic E-state index is 0.00740. The lowest BCUT2D eigenvalue weighted by Gasteiger charge is -2.21. The Morgan fingerprint density at radius 1 is 0.283 bits per heavy atom. The van der Waals surface area contributed by atoms with Crippen LogP contribution in [0.4, 0.5) is 0 Å². The van der Waals surface area contributed by atoms with Crippen molar-refractivity contribution in [2.24, 2.45) is 0 Å². The Labute approximate surface area is 639 Å². The van der Waals surface area contributed by atoms with Crippen molar-refractivity contribution in [3.05, 3.63) is 207 Å². The second kappa shape index (κ2) is 76.8. The van der Waals surface area contributed by atoms with Crippen LogP contribution in [0.5, 0.6) is 0 Å². The topological polar surface area (TPSA) is 237 Å². The van der Waals surface area contributed by atoms with Gasteiger partial charge in [0.2, 0.25) is 0 Å². The number of phosphoric ester groups is 2. The molecule has 0 saturated heterocycles. The summed E-state index contributed by atoms with van der Waals surface area (Å²) in [6, 6.07) is 0. The SMILES string of the molecule is CC/C=C\C/C=C\C/C=C\C/C=C\C/C=C\C/C=C\CCC(=O)OCC(COP(=O)(O)OCC(O)COP(=O)(O)OCC(COC(=O)CCCCC/C=C\C/C=C\C/C=C\C/C=C\C/C=C\CC)OC(=O)CCCCCCC/C=C\CCCCCC)OC(=O)C/C=C\C/C=C\C/C=C\C/C=C\C/C=C\CC. The van der Waals surface area contributed by atoms with Crippen LogP contribution >= 0.6 is 15.6 Å². The number of hydrogen-bond acceptors (Lipinski definition) is 15. The minimum atomic E-state index is -5.03. The summed E-state index contributed by atoms with van der Waals surface area (Å²) in [5.74, 6) is -2.49. The van der Waals surface area contributed by atoms with E-state index in [2.05, 4.69) is 192 Å².